The Morgan fingerprint density at radius 2 is 2.27 bits per heavy atom. The molecule has 2 unspecified atom stereocenters. The number of nitrogens with zero attached hydrogens (tertiary/aromatic N) is 1. The molecule has 0 amide bonds. The lowest BCUT2D eigenvalue weighted by atomic mass is 9.97. The van der Waals surface area contributed by atoms with E-state index < -0.39 is 0 Å². The predicted octanol–water partition coefficient (Wildman–Crippen LogP) is 3.18. The summed E-state index contributed by atoms with van der Waals surface area (Å²) in [5.41, 5.74) is 1.04. The molecule has 2 nitrogen and oxygen atoms in total. The molecule has 1 rings (SSSR count). The molecule has 0 bridgehead atoms. The quantitative estimate of drug-likeness (QED) is 0.809. The molecule has 0 saturated carbocycles. The van der Waals surface area contributed by atoms with Gasteiger partial charge < -0.3 is 5.11 Å². The first-order valence-corrected chi connectivity index (χ1v) is 6.58. The minimum Gasteiger partial charge on any atom is -0.393 e. The number of rotatable bonds is 6. The summed E-state index contributed by atoms with van der Waals surface area (Å²) in [4.78, 5) is 4.36. The Bertz CT molecular complexity index is 285. The van der Waals surface area contributed by atoms with Gasteiger partial charge in [0, 0.05) is 11.8 Å². The van der Waals surface area contributed by atoms with Crippen molar-refractivity contribution in [1.82, 2.24) is 4.98 Å². The Morgan fingerprint density at radius 3 is 2.80 bits per heavy atom. The maximum absolute atomic E-state index is 9.87. The number of aryl methyl sites for hydroxylation is 1. The molecule has 0 fully saturated rings. The van der Waals surface area contributed by atoms with Crippen molar-refractivity contribution in [2.24, 2.45) is 5.92 Å². The first-order chi connectivity index (χ1) is 7.11. The summed E-state index contributed by atoms with van der Waals surface area (Å²) in [5.74, 6) is 0.615. The van der Waals surface area contributed by atoms with Gasteiger partial charge in [-0.25, -0.2) is 4.98 Å². The average Bonchev–Trinajstić information content (AvgIpc) is 2.51. The third-order valence-corrected chi connectivity index (χ3v) is 3.39. The Hall–Kier alpha value is -0.410. The summed E-state index contributed by atoms with van der Waals surface area (Å²) in [7, 11) is 0. The van der Waals surface area contributed by atoms with Crippen LogP contribution in [0.5, 0.6) is 0 Å². The van der Waals surface area contributed by atoms with E-state index in [9.17, 15) is 5.11 Å². The second-order valence-corrected chi connectivity index (χ2v) is 5.41. The maximum Gasteiger partial charge on any atom is 0.0897 e. The van der Waals surface area contributed by atoms with Crippen LogP contribution in [0, 0.1) is 12.8 Å². The first kappa shape index (κ1) is 12.7. The number of thiazole rings is 1. The minimum atomic E-state index is -0.229. The number of aliphatic hydroxyl groups is 1. The lowest BCUT2D eigenvalue weighted by Gasteiger charge is -2.14. The van der Waals surface area contributed by atoms with Crippen LogP contribution in [0.4, 0.5) is 0 Å². The molecule has 0 aliphatic heterocycles. The molecule has 0 aromatic carbocycles. The van der Waals surface area contributed by atoms with Crippen LogP contribution < -0.4 is 0 Å². The molecular formula is C12H21NOS. The van der Waals surface area contributed by atoms with Crippen LogP contribution in [0.3, 0.4) is 0 Å². The highest BCUT2D eigenvalue weighted by atomic mass is 32.1. The molecule has 1 aromatic rings. The number of aliphatic hydroxyl groups excluding tert-OH is 1. The third-order valence-electron chi connectivity index (χ3n) is 2.57. The summed E-state index contributed by atoms with van der Waals surface area (Å²) in [6, 6.07) is 0. The molecule has 0 saturated heterocycles. The van der Waals surface area contributed by atoms with Gasteiger partial charge in [0.25, 0.3) is 0 Å². The highest BCUT2D eigenvalue weighted by molar-refractivity contribution is 7.09. The van der Waals surface area contributed by atoms with Crippen LogP contribution in [0.15, 0.2) is 5.38 Å². The standard InChI is InChI=1S/C12H21NOS/c1-4-5-9(2)6-12(14)7-11-8-15-10(3)13-11/h8-9,12,14H,4-7H2,1-3H3. The third kappa shape index (κ3) is 4.76. The molecule has 1 N–H and O–H groups in total. The van der Waals surface area contributed by atoms with Gasteiger partial charge in [0.15, 0.2) is 0 Å². The molecule has 3 heteroatoms. The number of aromatic nitrogens is 1. The molecule has 0 spiro atoms. The molecule has 86 valence electrons. The van der Waals surface area contributed by atoms with Crippen molar-refractivity contribution < 1.29 is 5.11 Å². The van der Waals surface area contributed by atoms with Crippen LogP contribution in [-0.4, -0.2) is 16.2 Å². The summed E-state index contributed by atoms with van der Waals surface area (Å²) >= 11 is 1.65. The van der Waals surface area contributed by atoms with Gasteiger partial charge in [-0.2, -0.15) is 0 Å². The van der Waals surface area contributed by atoms with Crippen molar-refractivity contribution in [3.63, 3.8) is 0 Å². The molecular weight excluding hydrogens is 206 g/mol. The van der Waals surface area contributed by atoms with Gasteiger partial charge in [0.1, 0.15) is 0 Å². The molecule has 15 heavy (non-hydrogen) atoms. The number of hydrogen-bond acceptors (Lipinski definition) is 3. The lowest BCUT2D eigenvalue weighted by Crippen LogP contribution is -2.14. The van der Waals surface area contributed by atoms with Crippen LogP contribution in [0.25, 0.3) is 0 Å². The monoisotopic (exact) mass is 227 g/mol. The average molecular weight is 227 g/mol. The van der Waals surface area contributed by atoms with Gasteiger partial charge in [-0.1, -0.05) is 26.7 Å². The zero-order valence-corrected chi connectivity index (χ0v) is 10.7. The summed E-state index contributed by atoms with van der Waals surface area (Å²) in [6.45, 7) is 6.39. The van der Waals surface area contributed by atoms with Gasteiger partial charge in [-0.15, -0.1) is 11.3 Å². The van der Waals surface area contributed by atoms with Crippen molar-refractivity contribution in [2.45, 2.75) is 52.6 Å². The van der Waals surface area contributed by atoms with Crippen molar-refractivity contribution in [3.05, 3.63) is 16.1 Å². The van der Waals surface area contributed by atoms with Gasteiger partial charge in [-0.3, -0.25) is 0 Å². The fourth-order valence-corrected chi connectivity index (χ4v) is 2.53. The summed E-state index contributed by atoms with van der Waals surface area (Å²) in [5, 5.41) is 13.0. The van der Waals surface area contributed by atoms with Crippen molar-refractivity contribution in [2.75, 3.05) is 0 Å². The Morgan fingerprint density at radius 1 is 1.53 bits per heavy atom. The summed E-state index contributed by atoms with van der Waals surface area (Å²) in [6.07, 6.45) is 3.77. The van der Waals surface area contributed by atoms with Gasteiger partial charge in [0.2, 0.25) is 0 Å². The molecule has 0 aliphatic carbocycles. The van der Waals surface area contributed by atoms with E-state index in [4.69, 9.17) is 0 Å². The highest BCUT2D eigenvalue weighted by Gasteiger charge is 2.11. The molecule has 0 radical (unpaired) electrons. The fraction of sp³-hybridized carbons (Fsp3) is 0.750. The van der Waals surface area contributed by atoms with Crippen LogP contribution in [0.1, 0.15) is 43.8 Å². The summed E-state index contributed by atoms with van der Waals surface area (Å²) < 4.78 is 0. The molecule has 0 aliphatic rings. The number of hydrogen-bond donors (Lipinski definition) is 1. The zero-order valence-electron chi connectivity index (χ0n) is 9.86. The predicted molar refractivity (Wildman–Crippen MR) is 65.3 cm³/mol. The maximum atomic E-state index is 9.87. The molecule has 1 aromatic heterocycles. The van der Waals surface area contributed by atoms with Crippen molar-refractivity contribution in [1.29, 1.82) is 0 Å². The Kier molecular flexibility index (Phi) is 5.26. The van der Waals surface area contributed by atoms with Crippen molar-refractivity contribution in [3.8, 4) is 0 Å². The first-order valence-electron chi connectivity index (χ1n) is 5.70. The largest absolute Gasteiger partial charge is 0.393 e. The van der Waals surface area contributed by atoms with E-state index in [1.54, 1.807) is 11.3 Å². The van der Waals surface area contributed by atoms with E-state index in [0.29, 0.717) is 12.3 Å². The second-order valence-electron chi connectivity index (χ2n) is 4.35. The van der Waals surface area contributed by atoms with Gasteiger partial charge in [-0.05, 0) is 19.3 Å². The lowest BCUT2D eigenvalue weighted by molar-refractivity contribution is 0.142. The van der Waals surface area contributed by atoms with E-state index in [1.807, 2.05) is 12.3 Å². The highest BCUT2D eigenvalue weighted by Crippen LogP contribution is 2.16. The van der Waals surface area contributed by atoms with Crippen LogP contribution in [-0.2, 0) is 6.42 Å². The van der Waals surface area contributed by atoms with Crippen LogP contribution >= 0.6 is 11.3 Å². The van der Waals surface area contributed by atoms with E-state index >= 15 is 0 Å². The Labute approximate surface area is 96.4 Å². The molecule has 2 atom stereocenters. The SMILES string of the molecule is CCCC(C)CC(O)Cc1csc(C)n1. The van der Waals surface area contributed by atoms with Gasteiger partial charge in [0.05, 0.1) is 16.8 Å². The smallest absolute Gasteiger partial charge is 0.0897 e. The van der Waals surface area contributed by atoms with Gasteiger partial charge >= 0.3 is 0 Å². The van der Waals surface area contributed by atoms with Crippen molar-refractivity contribution >= 4 is 11.3 Å². The van der Waals surface area contributed by atoms with E-state index in [-0.39, 0.29) is 6.10 Å². The van der Waals surface area contributed by atoms with E-state index in [0.717, 1.165) is 17.1 Å². The topological polar surface area (TPSA) is 33.1 Å². The zero-order chi connectivity index (χ0) is 11.3. The van der Waals surface area contributed by atoms with E-state index in [2.05, 4.69) is 18.8 Å². The fourth-order valence-electron chi connectivity index (χ4n) is 1.90. The minimum absolute atomic E-state index is 0.229. The normalized spacial score (nSPS) is 15.2. The van der Waals surface area contributed by atoms with Crippen LogP contribution in [0.2, 0.25) is 0 Å². The second kappa shape index (κ2) is 6.23. The van der Waals surface area contributed by atoms with E-state index in [1.165, 1.54) is 12.8 Å². The Balaban J connectivity index is 2.32. The molecule has 1 heterocycles.